The largest absolute Gasteiger partial charge is 0.456 e. The van der Waals surface area contributed by atoms with Crippen LogP contribution in [0.2, 0.25) is 0 Å². The van der Waals surface area contributed by atoms with Crippen LogP contribution in [-0.4, -0.2) is 14.5 Å². The van der Waals surface area contributed by atoms with Gasteiger partial charge in [-0.15, -0.1) is 0 Å². The van der Waals surface area contributed by atoms with E-state index in [0.717, 1.165) is 117 Å². The van der Waals surface area contributed by atoms with Gasteiger partial charge >= 0.3 is 0 Å². The van der Waals surface area contributed by atoms with Crippen LogP contribution in [0.3, 0.4) is 0 Å². The maximum Gasteiger partial charge on any atom is 0.235 e. The van der Waals surface area contributed by atoms with Gasteiger partial charge in [-0.1, -0.05) is 224 Å². The topological polar surface area (TPSA) is 47.1 Å². The molecular formula is C77H48N4O. The third-order valence-corrected chi connectivity index (χ3v) is 17.2. The molecule has 0 radical (unpaired) electrons. The van der Waals surface area contributed by atoms with E-state index in [1.807, 2.05) is 12.1 Å². The summed E-state index contributed by atoms with van der Waals surface area (Å²) in [7, 11) is 0. The fraction of sp³-hybridized carbons (Fsp3) is 0.0130. The third kappa shape index (κ3) is 6.87. The van der Waals surface area contributed by atoms with Gasteiger partial charge in [0.05, 0.1) is 39.2 Å². The molecule has 1 atom stereocenters. The molecule has 1 unspecified atom stereocenters. The highest BCUT2D eigenvalue weighted by molar-refractivity contribution is 6.16. The van der Waals surface area contributed by atoms with Crippen molar-refractivity contribution in [3.05, 3.63) is 313 Å². The van der Waals surface area contributed by atoms with Gasteiger partial charge in [0.2, 0.25) is 5.95 Å². The van der Waals surface area contributed by atoms with Gasteiger partial charge in [-0.05, 0) is 133 Å². The van der Waals surface area contributed by atoms with E-state index in [4.69, 9.17) is 14.4 Å². The van der Waals surface area contributed by atoms with Crippen LogP contribution < -0.4 is 4.90 Å². The fourth-order valence-electron chi connectivity index (χ4n) is 13.7. The zero-order valence-corrected chi connectivity index (χ0v) is 44.4. The van der Waals surface area contributed by atoms with Crippen LogP contribution in [-0.2, 0) is 5.41 Å². The van der Waals surface area contributed by atoms with Crippen LogP contribution in [0.1, 0.15) is 22.3 Å². The number of benzene rings is 12. The normalized spacial score (nSPS) is 14.1. The molecule has 1 aliphatic heterocycles. The average molecular weight is 1050 g/mol. The molecule has 4 heterocycles. The van der Waals surface area contributed by atoms with Crippen molar-refractivity contribution < 1.29 is 4.42 Å². The second kappa shape index (κ2) is 18.1. The Morgan fingerprint density at radius 2 is 0.854 bits per heavy atom. The molecule has 0 saturated heterocycles. The minimum Gasteiger partial charge on any atom is -0.456 e. The summed E-state index contributed by atoms with van der Waals surface area (Å²) in [5.74, 6) is 0.623. The molecule has 0 fully saturated rings. The van der Waals surface area contributed by atoms with Crippen LogP contribution in [0.5, 0.6) is 0 Å². The smallest absolute Gasteiger partial charge is 0.235 e. The van der Waals surface area contributed by atoms with Gasteiger partial charge < -0.3 is 9.32 Å². The highest BCUT2D eigenvalue weighted by Gasteiger charge is 2.52. The molecule has 3 aromatic heterocycles. The number of hydrogen-bond donors (Lipinski definition) is 0. The third-order valence-electron chi connectivity index (χ3n) is 17.2. The van der Waals surface area contributed by atoms with Crippen LogP contribution in [0.4, 0.5) is 17.1 Å². The summed E-state index contributed by atoms with van der Waals surface area (Å²) in [6.45, 7) is 0. The van der Waals surface area contributed by atoms with Crippen molar-refractivity contribution in [2.75, 3.05) is 4.90 Å². The Kier molecular flexibility index (Phi) is 10.2. The first kappa shape index (κ1) is 46.1. The van der Waals surface area contributed by atoms with Crippen molar-refractivity contribution in [1.82, 2.24) is 14.5 Å². The first-order valence-corrected chi connectivity index (χ1v) is 28.0. The number of aromatic nitrogens is 3. The summed E-state index contributed by atoms with van der Waals surface area (Å²) in [6.07, 6.45) is 0. The van der Waals surface area contributed by atoms with Crippen molar-refractivity contribution in [3.8, 4) is 73.0 Å². The Balaban J connectivity index is 0.925. The van der Waals surface area contributed by atoms with Gasteiger partial charge in [-0.2, -0.15) is 0 Å². The Bertz CT molecular complexity index is 4930. The Morgan fingerprint density at radius 3 is 1.56 bits per heavy atom. The standard InChI is InChI=1S/C77H48N4O/c1-5-21-49(22-6-1)55-43-56(50-23-7-2-8-24-50)45-57(44-55)80-70-35-19-17-33-63(70)77(62-32-16-13-30-59(62)74-65(77)40-42-73-75(74)60-31-15-20-36-72(60)82-73)64-39-37-54(47-71(64)80)53-38-41-69-61(46-53)58-29-14-18-34-68(58)81(69)76-78-66(51-25-9-3-10-26-51)48-67(79-76)52-27-11-4-12-28-52/h1-48H. The molecule has 0 bridgehead atoms. The number of nitrogens with zero attached hydrogens (tertiary/aromatic N) is 4. The van der Waals surface area contributed by atoms with Crippen molar-refractivity contribution in [2.24, 2.45) is 0 Å². The highest BCUT2D eigenvalue weighted by Crippen LogP contribution is 2.65. The van der Waals surface area contributed by atoms with Crippen LogP contribution >= 0.6 is 0 Å². The van der Waals surface area contributed by atoms with E-state index in [0.29, 0.717) is 5.95 Å². The van der Waals surface area contributed by atoms with E-state index in [2.05, 4.69) is 289 Å². The van der Waals surface area contributed by atoms with Crippen LogP contribution in [0.25, 0.3) is 117 Å². The van der Waals surface area contributed by atoms with Crippen LogP contribution in [0.15, 0.2) is 296 Å². The molecule has 12 aromatic carbocycles. The van der Waals surface area contributed by atoms with E-state index in [9.17, 15) is 0 Å². The summed E-state index contributed by atoms with van der Waals surface area (Å²) < 4.78 is 8.89. The fourth-order valence-corrected chi connectivity index (χ4v) is 13.7. The lowest BCUT2D eigenvalue weighted by Crippen LogP contribution is -2.36. The van der Waals surface area contributed by atoms with Gasteiger partial charge in [0.25, 0.3) is 0 Å². The predicted molar refractivity (Wildman–Crippen MR) is 336 cm³/mol. The SMILES string of the molecule is c1ccc(-c2cc(-c3ccccc3)cc(N3c4ccccc4C4(c5ccccc5-c5c4ccc4oc6ccccc6c54)c4ccc(-c5ccc6c(c5)c5ccccc5n6-c5nc(-c6ccccc6)cc(-c6ccccc6)n5)cc43)c2)cc1. The van der Waals surface area contributed by atoms with E-state index in [1.165, 1.54) is 33.4 Å². The van der Waals surface area contributed by atoms with E-state index >= 15 is 0 Å². The zero-order chi connectivity index (χ0) is 53.9. The monoisotopic (exact) mass is 1040 g/mol. The molecule has 0 saturated carbocycles. The minimum atomic E-state index is -0.691. The first-order valence-electron chi connectivity index (χ1n) is 28.0. The lowest BCUT2D eigenvalue weighted by Gasteiger charge is -2.45. The van der Waals surface area contributed by atoms with Gasteiger partial charge in [0.1, 0.15) is 11.2 Å². The number of fused-ring (bicyclic) bond motifs is 16. The molecule has 2 aliphatic rings. The van der Waals surface area contributed by atoms with Gasteiger partial charge in [0, 0.05) is 38.4 Å². The minimum absolute atomic E-state index is 0.623. The lowest BCUT2D eigenvalue weighted by atomic mass is 9.64. The second-order valence-electron chi connectivity index (χ2n) is 21.6. The average Bonchev–Trinajstić information content (AvgIpc) is 1.68. The Labute approximate surface area is 473 Å². The summed E-state index contributed by atoms with van der Waals surface area (Å²) >= 11 is 0. The molecule has 15 aromatic rings. The molecule has 382 valence electrons. The number of hydrogen-bond acceptors (Lipinski definition) is 4. The molecule has 0 amide bonds. The van der Waals surface area contributed by atoms with Gasteiger partial charge in [-0.3, -0.25) is 4.57 Å². The summed E-state index contributed by atoms with van der Waals surface area (Å²) in [5.41, 5.74) is 24.5. The summed E-state index contributed by atoms with van der Waals surface area (Å²) in [4.78, 5) is 13.2. The molecule has 1 spiro atoms. The van der Waals surface area contributed by atoms with E-state index in [1.54, 1.807) is 0 Å². The maximum absolute atomic E-state index is 6.66. The number of rotatable bonds is 7. The van der Waals surface area contributed by atoms with Crippen molar-refractivity contribution >= 4 is 60.8 Å². The molecule has 17 rings (SSSR count). The van der Waals surface area contributed by atoms with Crippen molar-refractivity contribution in [1.29, 1.82) is 0 Å². The Morgan fingerprint density at radius 1 is 0.317 bits per heavy atom. The number of para-hydroxylation sites is 3. The molecular weight excluding hydrogens is 997 g/mol. The van der Waals surface area contributed by atoms with Crippen molar-refractivity contribution in [2.45, 2.75) is 5.41 Å². The van der Waals surface area contributed by atoms with Gasteiger partial charge in [-0.25, -0.2) is 9.97 Å². The molecule has 1 aliphatic carbocycles. The molecule has 82 heavy (non-hydrogen) atoms. The van der Waals surface area contributed by atoms with Crippen LogP contribution in [0, 0.1) is 0 Å². The quantitative estimate of drug-likeness (QED) is 0.160. The molecule has 0 N–H and O–H groups in total. The highest BCUT2D eigenvalue weighted by atomic mass is 16.3. The molecule has 5 heteroatoms. The predicted octanol–water partition coefficient (Wildman–Crippen LogP) is 20.0. The second-order valence-corrected chi connectivity index (χ2v) is 21.6. The Hall–Kier alpha value is -10.9. The lowest BCUT2D eigenvalue weighted by molar-refractivity contribution is 0.668. The van der Waals surface area contributed by atoms with E-state index < -0.39 is 5.41 Å². The van der Waals surface area contributed by atoms with E-state index in [-0.39, 0.29) is 0 Å². The maximum atomic E-state index is 6.66. The number of anilines is 3. The molecule has 5 nitrogen and oxygen atoms in total. The van der Waals surface area contributed by atoms with Gasteiger partial charge in [0.15, 0.2) is 0 Å². The summed E-state index contributed by atoms with van der Waals surface area (Å²) in [5, 5.41) is 4.53. The zero-order valence-electron chi connectivity index (χ0n) is 44.4. The van der Waals surface area contributed by atoms with Crippen molar-refractivity contribution in [3.63, 3.8) is 0 Å². The summed E-state index contributed by atoms with van der Waals surface area (Å²) in [6, 6.07) is 106. The first-order chi connectivity index (χ1) is 40.7. The number of furan rings is 1.